The Morgan fingerprint density at radius 3 is 2.38 bits per heavy atom. The number of anilines is 1. The van der Waals surface area contributed by atoms with Gasteiger partial charge in [-0.1, -0.05) is 37.6 Å². The molecule has 9 heteroatoms. The van der Waals surface area contributed by atoms with Crippen molar-refractivity contribution in [3.8, 4) is 5.75 Å². The highest BCUT2D eigenvalue weighted by Gasteiger charge is 2.36. The maximum Gasteiger partial charge on any atom is 0.349 e. The third kappa shape index (κ3) is 5.61. The molecule has 3 heterocycles. The lowest BCUT2D eigenvalue weighted by Gasteiger charge is -2.49. The van der Waals surface area contributed by atoms with Crippen LogP contribution in [-0.4, -0.2) is 61.9 Å². The average molecular weight is 528 g/mol. The van der Waals surface area contributed by atoms with E-state index in [9.17, 15) is 9.90 Å². The van der Waals surface area contributed by atoms with E-state index in [-0.39, 0.29) is 30.4 Å². The molecule has 0 amide bonds. The summed E-state index contributed by atoms with van der Waals surface area (Å²) in [6.45, 7) is 11.9. The van der Waals surface area contributed by atoms with Crippen molar-refractivity contribution in [1.82, 2.24) is 19.4 Å². The number of aliphatic hydroxyl groups excluding tert-OH is 1. The highest BCUT2D eigenvalue weighted by atomic mass is 35.5. The first-order valence-electron chi connectivity index (χ1n) is 13.0. The van der Waals surface area contributed by atoms with Crippen molar-refractivity contribution in [2.75, 3.05) is 24.6 Å². The van der Waals surface area contributed by atoms with Gasteiger partial charge in [0, 0.05) is 38.3 Å². The number of aryl methyl sites for hydroxylation is 1. The molecule has 3 atom stereocenters. The topological polar surface area (TPSA) is 83.7 Å². The van der Waals surface area contributed by atoms with Crippen LogP contribution in [0.4, 0.5) is 5.82 Å². The number of piperazine rings is 1. The van der Waals surface area contributed by atoms with Crippen molar-refractivity contribution in [3.63, 3.8) is 0 Å². The van der Waals surface area contributed by atoms with Gasteiger partial charge in [0.2, 0.25) is 0 Å². The van der Waals surface area contributed by atoms with Crippen LogP contribution in [0.25, 0.3) is 11.0 Å². The van der Waals surface area contributed by atoms with Gasteiger partial charge in [-0.2, -0.15) is 4.98 Å². The van der Waals surface area contributed by atoms with Crippen LogP contribution in [0.2, 0.25) is 5.15 Å². The maximum atomic E-state index is 12.7. The second-order valence-corrected chi connectivity index (χ2v) is 10.9. The summed E-state index contributed by atoms with van der Waals surface area (Å²) >= 11 is 6.26. The summed E-state index contributed by atoms with van der Waals surface area (Å²) in [4.78, 5) is 26.6. The minimum absolute atomic E-state index is 0.0502. The predicted octanol–water partition coefficient (Wildman–Crippen LogP) is 4.57. The molecule has 1 aliphatic rings. The largest absolute Gasteiger partial charge is 0.485 e. The second-order valence-electron chi connectivity index (χ2n) is 10.5. The zero-order valence-electron chi connectivity index (χ0n) is 22.6. The van der Waals surface area contributed by atoms with E-state index in [1.54, 1.807) is 13.1 Å². The molecular formula is C28H38ClN5O3. The van der Waals surface area contributed by atoms with Crippen molar-refractivity contribution in [2.24, 2.45) is 7.05 Å². The Kier molecular flexibility index (Phi) is 8.11. The summed E-state index contributed by atoms with van der Waals surface area (Å²) in [6.07, 6.45) is 1.86. The molecule has 1 aromatic carbocycles. The summed E-state index contributed by atoms with van der Waals surface area (Å²) in [6, 6.07) is 12.3. The highest BCUT2D eigenvalue weighted by molar-refractivity contribution is 6.29. The molecular weight excluding hydrogens is 490 g/mol. The van der Waals surface area contributed by atoms with Crippen LogP contribution in [0.1, 0.15) is 59.1 Å². The minimum atomic E-state index is -0.624. The van der Waals surface area contributed by atoms with E-state index in [2.05, 4.69) is 52.7 Å². The fraction of sp³-hybridized carbons (Fsp3) is 0.536. The summed E-state index contributed by atoms with van der Waals surface area (Å²) in [5.74, 6) is 1.36. The van der Waals surface area contributed by atoms with Crippen molar-refractivity contribution >= 4 is 28.5 Å². The highest BCUT2D eigenvalue weighted by Crippen LogP contribution is 2.34. The first kappa shape index (κ1) is 27.4. The third-order valence-corrected chi connectivity index (χ3v) is 7.70. The number of aromatic nitrogens is 3. The normalized spacial score (nSPS) is 19.8. The Morgan fingerprint density at radius 2 is 1.76 bits per heavy atom. The number of pyridine rings is 1. The Hall–Kier alpha value is -2.68. The number of hydrogen-bond acceptors (Lipinski definition) is 7. The van der Waals surface area contributed by atoms with Gasteiger partial charge in [0.05, 0.1) is 12.1 Å². The van der Waals surface area contributed by atoms with Gasteiger partial charge < -0.3 is 14.7 Å². The quantitative estimate of drug-likeness (QED) is 0.429. The molecule has 4 rings (SSSR count). The first-order chi connectivity index (χ1) is 17.6. The molecule has 2 aromatic heterocycles. The standard InChI is InChI=1S/C28H38ClN5O3/c1-7-20-16-34(26-25-23(13-14-24(29)30-25)32(6)27(36)31-26)21(8-2)15-33(20)18(3)19-9-11-22(12-10-19)37-28(4,5)17-35/h9-14,18,20-21,35H,7-8,15-17H2,1-6H3/t18?,20?,21-/m0/s1. The summed E-state index contributed by atoms with van der Waals surface area (Å²) < 4.78 is 7.43. The van der Waals surface area contributed by atoms with Gasteiger partial charge in [-0.05, 0) is 63.4 Å². The van der Waals surface area contributed by atoms with Crippen LogP contribution in [-0.2, 0) is 7.05 Å². The van der Waals surface area contributed by atoms with Gasteiger partial charge >= 0.3 is 5.69 Å². The molecule has 0 spiro atoms. The fourth-order valence-corrected chi connectivity index (χ4v) is 5.31. The van der Waals surface area contributed by atoms with Gasteiger partial charge in [-0.25, -0.2) is 9.78 Å². The van der Waals surface area contributed by atoms with Crippen LogP contribution in [0.15, 0.2) is 41.2 Å². The predicted molar refractivity (Wildman–Crippen MR) is 149 cm³/mol. The van der Waals surface area contributed by atoms with Gasteiger partial charge in [-0.15, -0.1) is 0 Å². The third-order valence-electron chi connectivity index (χ3n) is 7.49. The van der Waals surface area contributed by atoms with E-state index >= 15 is 0 Å². The van der Waals surface area contributed by atoms with E-state index in [1.165, 1.54) is 10.1 Å². The smallest absolute Gasteiger partial charge is 0.349 e. The average Bonchev–Trinajstić information content (AvgIpc) is 2.89. The molecule has 200 valence electrons. The Bertz CT molecular complexity index is 1290. The molecule has 0 saturated carbocycles. The zero-order valence-corrected chi connectivity index (χ0v) is 23.4. The number of fused-ring (bicyclic) bond motifs is 1. The lowest BCUT2D eigenvalue weighted by Crippen LogP contribution is -2.59. The van der Waals surface area contributed by atoms with E-state index in [0.29, 0.717) is 16.5 Å². The molecule has 1 aliphatic heterocycles. The monoisotopic (exact) mass is 527 g/mol. The van der Waals surface area contributed by atoms with Crippen LogP contribution in [0, 0.1) is 0 Å². The molecule has 0 radical (unpaired) electrons. The lowest BCUT2D eigenvalue weighted by molar-refractivity contribution is 0.0412. The van der Waals surface area contributed by atoms with E-state index in [0.717, 1.165) is 37.2 Å². The van der Waals surface area contributed by atoms with Crippen LogP contribution in [0.3, 0.4) is 0 Å². The Morgan fingerprint density at radius 1 is 1.08 bits per heavy atom. The number of halogens is 1. The van der Waals surface area contributed by atoms with Crippen molar-refractivity contribution in [2.45, 2.75) is 71.2 Å². The van der Waals surface area contributed by atoms with Crippen molar-refractivity contribution in [3.05, 3.63) is 57.6 Å². The van der Waals surface area contributed by atoms with E-state index in [1.807, 2.05) is 32.0 Å². The number of nitrogens with zero attached hydrogens (tertiary/aromatic N) is 5. The molecule has 0 aliphatic carbocycles. The molecule has 2 unspecified atom stereocenters. The van der Waals surface area contributed by atoms with Crippen molar-refractivity contribution in [1.29, 1.82) is 0 Å². The van der Waals surface area contributed by atoms with Crippen LogP contribution in [0.5, 0.6) is 5.75 Å². The minimum Gasteiger partial charge on any atom is -0.485 e. The van der Waals surface area contributed by atoms with Crippen LogP contribution < -0.4 is 15.3 Å². The molecule has 1 N–H and O–H groups in total. The molecule has 0 bridgehead atoms. The second kappa shape index (κ2) is 11.0. The fourth-order valence-electron chi connectivity index (χ4n) is 5.16. The Balaban J connectivity index is 1.63. The SMILES string of the molecule is CCC1CN(c2nc(=O)n(C)c3ccc(Cl)nc23)[C@@H](CC)CN1C(C)c1ccc(OC(C)(C)CO)cc1. The first-order valence-corrected chi connectivity index (χ1v) is 13.4. The lowest BCUT2D eigenvalue weighted by atomic mass is 9.97. The maximum absolute atomic E-state index is 12.7. The zero-order chi connectivity index (χ0) is 26.9. The van der Waals surface area contributed by atoms with Gasteiger partial charge in [-0.3, -0.25) is 9.47 Å². The van der Waals surface area contributed by atoms with Gasteiger partial charge in [0.1, 0.15) is 22.0 Å². The summed E-state index contributed by atoms with van der Waals surface area (Å²) in [7, 11) is 1.71. The number of benzene rings is 1. The number of ether oxygens (including phenoxy) is 1. The molecule has 1 fully saturated rings. The molecule has 37 heavy (non-hydrogen) atoms. The summed E-state index contributed by atoms with van der Waals surface area (Å²) in [5, 5.41) is 9.89. The number of hydrogen-bond donors (Lipinski definition) is 1. The van der Waals surface area contributed by atoms with E-state index in [4.69, 9.17) is 16.3 Å². The van der Waals surface area contributed by atoms with Crippen molar-refractivity contribution < 1.29 is 9.84 Å². The molecule has 8 nitrogen and oxygen atoms in total. The Labute approximate surface area is 223 Å². The van der Waals surface area contributed by atoms with Gasteiger partial charge in [0.15, 0.2) is 5.82 Å². The number of aliphatic hydroxyl groups is 1. The van der Waals surface area contributed by atoms with Crippen LogP contribution >= 0.6 is 11.6 Å². The van der Waals surface area contributed by atoms with E-state index < -0.39 is 5.60 Å². The molecule has 1 saturated heterocycles. The van der Waals surface area contributed by atoms with Gasteiger partial charge in [0.25, 0.3) is 0 Å². The molecule has 3 aromatic rings. The number of rotatable bonds is 8. The summed E-state index contributed by atoms with van der Waals surface area (Å²) in [5.41, 5.74) is 1.68.